The van der Waals surface area contributed by atoms with Gasteiger partial charge in [0.2, 0.25) is 0 Å². The monoisotopic (exact) mass is 470 g/mol. The predicted octanol–water partition coefficient (Wildman–Crippen LogP) is 3.42. The molecule has 0 radical (unpaired) electrons. The molecule has 7 heteroatoms. The van der Waals surface area contributed by atoms with Crippen molar-refractivity contribution in [2.45, 2.75) is 19.4 Å². The van der Waals surface area contributed by atoms with E-state index in [0.29, 0.717) is 54.2 Å². The molecule has 156 valence electrons. The second-order valence-electron chi connectivity index (χ2n) is 8.16. The molecule has 2 aromatic carbocycles. The minimum absolute atomic E-state index is 0.00979. The maximum atomic E-state index is 13.2. The van der Waals surface area contributed by atoms with E-state index in [1.54, 1.807) is 18.2 Å². The number of rotatable bonds is 4. The van der Waals surface area contributed by atoms with Crippen LogP contribution in [0, 0.1) is 18.8 Å². The van der Waals surface area contributed by atoms with Crippen molar-refractivity contribution < 1.29 is 19.1 Å². The number of benzene rings is 2. The molecule has 5 rings (SSSR count). The normalized spacial score (nSPS) is 23.7. The van der Waals surface area contributed by atoms with E-state index in [4.69, 9.17) is 9.47 Å². The molecular formula is C23H23BrN2O4. The minimum Gasteiger partial charge on any atom is -0.486 e. The van der Waals surface area contributed by atoms with E-state index in [1.807, 2.05) is 30.0 Å². The van der Waals surface area contributed by atoms with Gasteiger partial charge in [-0.05, 0) is 64.9 Å². The van der Waals surface area contributed by atoms with Gasteiger partial charge in [-0.15, -0.1) is 0 Å². The highest BCUT2D eigenvalue weighted by molar-refractivity contribution is 9.10. The summed E-state index contributed by atoms with van der Waals surface area (Å²) in [7, 11) is 0. The van der Waals surface area contributed by atoms with Crippen molar-refractivity contribution in [3.8, 4) is 11.5 Å². The maximum absolute atomic E-state index is 13.2. The molecule has 1 aliphatic carbocycles. The van der Waals surface area contributed by atoms with Crippen molar-refractivity contribution in [2.75, 3.05) is 26.3 Å². The third-order valence-electron chi connectivity index (χ3n) is 6.27. The summed E-state index contributed by atoms with van der Waals surface area (Å²) in [5.74, 6) is 1.91. The van der Waals surface area contributed by atoms with Crippen LogP contribution in [-0.2, 0) is 0 Å². The lowest BCUT2D eigenvalue weighted by Crippen LogP contribution is -2.45. The fourth-order valence-electron chi connectivity index (χ4n) is 4.58. The SMILES string of the molecule is Cc1cccc(C(=O)N2C[C@H]3C[C@H]3[C@H]2CNC(=O)c2cccc3c2OCCO3)c1Br. The highest BCUT2D eigenvalue weighted by Crippen LogP contribution is 2.50. The summed E-state index contributed by atoms with van der Waals surface area (Å²) in [6.45, 7) is 4.07. The van der Waals surface area contributed by atoms with Crippen LogP contribution < -0.4 is 14.8 Å². The van der Waals surface area contributed by atoms with Crippen molar-refractivity contribution in [3.63, 3.8) is 0 Å². The Labute approximate surface area is 183 Å². The van der Waals surface area contributed by atoms with Gasteiger partial charge in [0, 0.05) is 17.6 Å². The number of hydrogen-bond acceptors (Lipinski definition) is 4. The van der Waals surface area contributed by atoms with Crippen molar-refractivity contribution >= 4 is 27.7 Å². The summed E-state index contributed by atoms with van der Waals surface area (Å²) >= 11 is 3.56. The first-order valence-electron chi connectivity index (χ1n) is 10.3. The topological polar surface area (TPSA) is 67.9 Å². The number of aryl methyl sites for hydroxylation is 1. The van der Waals surface area contributed by atoms with Crippen LogP contribution in [0.15, 0.2) is 40.9 Å². The molecule has 2 fully saturated rings. The number of ether oxygens (including phenoxy) is 2. The molecule has 2 heterocycles. The van der Waals surface area contributed by atoms with Crippen LogP contribution in [-0.4, -0.2) is 49.1 Å². The van der Waals surface area contributed by atoms with Crippen LogP contribution in [0.3, 0.4) is 0 Å². The van der Waals surface area contributed by atoms with Crippen LogP contribution >= 0.6 is 15.9 Å². The number of nitrogens with one attached hydrogen (secondary N) is 1. The standard InChI is InChI=1S/C23H23BrN2O4/c1-13-4-2-5-15(20(13)24)23(28)26-12-14-10-17(14)18(26)11-25-22(27)16-6-3-7-19-21(16)30-9-8-29-19/h2-7,14,17-18H,8-12H2,1H3,(H,25,27)/t14-,17-,18-/m1/s1. The first-order valence-corrected chi connectivity index (χ1v) is 11.1. The average Bonchev–Trinajstić information content (AvgIpc) is 3.44. The third kappa shape index (κ3) is 3.35. The molecule has 2 aromatic rings. The third-order valence-corrected chi connectivity index (χ3v) is 7.32. The molecular weight excluding hydrogens is 448 g/mol. The number of nitrogens with zero attached hydrogens (tertiary/aromatic N) is 1. The van der Waals surface area contributed by atoms with Crippen molar-refractivity contribution in [2.24, 2.45) is 11.8 Å². The van der Waals surface area contributed by atoms with Crippen molar-refractivity contribution in [3.05, 3.63) is 57.6 Å². The van der Waals surface area contributed by atoms with Gasteiger partial charge >= 0.3 is 0 Å². The number of piperidine rings is 1. The summed E-state index contributed by atoms with van der Waals surface area (Å²) < 4.78 is 12.1. The molecule has 0 spiro atoms. The van der Waals surface area contributed by atoms with Crippen LogP contribution in [0.1, 0.15) is 32.7 Å². The van der Waals surface area contributed by atoms with Gasteiger partial charge in [0.25, 0.3) is 11.8 Å². The zero-order valence-electron chi connectivity index (χ0n) is 16.7. The number of likely N-dealkylation sites (tertiary alicyclic amines) is 1. The first-order chi connectivity index (χ1) is 14.5. The second kappa shape index (κ2) is 7.61. The van der Waals surface area contributed by atoms with Crippen LogP contribution in [0.5, 0.6) is 11.5 Å². The minimum atomic E-state index is -0.203. The Morgan fingerprint density at radius 1 is 1.13 bits per heavy atom. The van der Waals surface area contributed by atoms with Crippen LogP contribution in [0.4, 0.5) is 0 Å². The Morgan fingerprint density at radius 3 is 2.77 bits per heavy atom. The van der Waals surface area contributed by atoms with Gasteiger partial charge in [0.05, 0.1) is 17.2 Å². The first kappa shape index (κ1) is 19.4. The number of fused-ring (bicyclic) bond motifs is 2. The molecule has 1 saturated carbocycles. The summed E-state index contributed by atoms with van der Waals surface area (Å²) in [6.07, 6.45) is 1.12. The summed E-state index contributed by atoms with van der Waals surface area (Å²) in [6, 6.07) is 11.1. The number of para-hydroxylation sites is 1. The van der Waals surface area contributed by atoms with Crippen molar-refractivity contribution in [1.82, 2.24) is 10.2 Å². The second-order valence-corrected chi connectivity index (χ2v) is 8.95. The highest BCUT2D eigenvalue weighted by atomic mass is 79.9. The van der Waals surface area contributed by atoms with Gasteiger partial charge < -0.3 is 19.7 Å². The number of carbonyl (C=O) groups is 2. The Kier molecular flexibility index (Phi) is 4.93. The largest absolute Gasteiger partial charge is 0.486 e. The zero-order valence-corrected chi connectivity index (χ0v) is 18.3. The molecule has 3 atom stereocenters. The number of carbonyl (C=O) groups excluding carboxylic acids is 2. The Morgan fingerprint density at radius 2 is 1.90 bits per heavy atom. The Hall–Kier alpha value is -2.54. The van der Waals surface area contributed by atoms with E-state index in [-0.39, 0.29) is 17.9 Å². The van der Waals surface area contributed by atoms with Crippen LogP contribution in [0.25, 0.3) is 0 Å². The molecule has 1 saturated heterocycles. The lowest BCUT2D eigenvalue weighted by atomic mass is 10.1. The number of hydrogen-bond donors (Lipinski definition) is 1. The maximum Gasteiger partial charge on any atom is 0.255 e. The molecule has 30 heavy (non-hydrogen) atoms. The van der Waals surface area contributed by atoms with E-state index in [2.05, 4.69) is 21.2 Å². The fourth-order valence-corrected chi connectivity index (χ4v) is 5.01. The van der Waals surface area contributed by atoms with Gasteiger partial charge in [-0.25, -0.2) is 0 Å². The Balaban J connectivity index is 1.31. The lowest BCUT2D eigenvalue weighted by Gasteiger charge is -2.28. The van der Waals surface area contributed by atoms with E-state index in [1.165, 1.54) is 0 Å². The van der Waals surface area contributed by atoms with E-state index in [9.17, 15) is 9.59 Å². The molecule has 2 aliphatic heterocycles. The van der Waals surface area contributed by atoms with Gasteiger partial charge in [0.1, 0.15) is 13.2 Å². The molecule has 1 N–H and O–H groups in total. The zero-order chi connectivity index (χ0) is 20.8. The summed E-state index contributed by atoms with van der Waals surface area (Å²) in [4.78, 5) is 28.1. The molecule has 3 aliphatic rings. The van der Waals surface area contributed by atoms with Gasteiger partial charge in [-0.3, -0.25) is 9.59 Å². The average molecular weight is 471 g/mol. The van der Waals surface area contributed by atoms with Gasteiger partial charge in [-0.2, -0.15) is 0 Å². The Bertz CT molecular complexity index is 1020. The van der Waals surface area contributed by atoms with E-state index >= 15 is 0 Å². The van der Waals surface area contributed by atoms with E-state index < -0.39 is 0 Å². The molecule has 0 aromatic heterocycles. The number of amides is 2. The van der Waals surface area contributed by atoms with Gasteiger partial charge in [-0.1, -0.05) is 18.2 Å². The van der Waals surface area contributed by atoms with Gasteiger partial charge in [0.15, 0.2) is 11.5 Å². The molecule has 6 nitrogen and oxygen atoms in total. The van der Waals surface area contributed by atoms with Crippen LogP contribution in [0.2, 0.25) is 0 Å². The van der Waals surface area contributed by atoms with Crippen molar-refractivity contribution in [1.29, 1.82) is 0 Å². The summed E-state index contributed by atoms with van der Waals surface area (Å²) in [5, 5.41) is 3.03. The summed E-state index contributed by atoms with van der Waals surface area (Å²) in [5.41, 5.74) is 2.18. The molecule has 0 unspecified atom stereocenters. The molecule has 2 amide bonds. The van der Waals surface area contributed by atoms with E-state index in [0.717, 1.165) is 23.0 Å². The highest BCUT2D eigenvalue weighted by Gasteiger charge is 2.54. The lowest BCUT2D eigenvalue weighted by molar-refractivity contribution is 0.0693. The fraction of sp³-hybridized carbons (Fsp3) is 0.391. The quantitative estimate of drug-likeness (QED) is 0.743. The smallest absolute Gasteiger partial charge is 0.255 e. The number of halogens is 1. The molecule has 0 bridgehead atoms. The predicted molar refractivity (Wildman–Crippen MR) is 115 cm³/mol.